The number of rotatable bonds is 8. The van der Waals surface area contributed by atoms with Gasteiger partial charge in [0.25, 0.3) is 22.5 Å². The maximum absolute atomic E-state index is 12.7. The van der Waals surface area contributed by atoms with E-state index in [0.29, 0.717) is 23.0 Å². The largest absolute Gasteiger partial charge is 0.423 e. The van der Waals surface area contributed by atoms with Gasteiger partial charge in [0.1, 0.15) is 12.3 Å². The molecule has 1 heterocycles. The number of imide groups is 1. The van der Waals surface area contributed by atoms with E-state index < -0.39 is 50.8 Å². The van der Waals surface area contributed by atoms with Gasteiger partial charge in [0, 0.05) is 17.8 Å². The van der Waals surface area contributed by atoms with Gasteiger partial charge in [-0.1, -0.05) is 29.8 Å². The molecular formula is C26H18N4O9S. The summed E-state index contributed by atoms with van der Waals surface area (Å²) in [7, 11) is 0. The van der Waals surface area contributed by atoms with Crippen LogP contribution in [-0.2, 0) is 9.59 Å². The van der Waals surface area contributed by atoms with Gasteiger partial charge >= 0.3 is 5.97 Å². The van der Waals surface area contributed by atoms with E-state index in [0.717, 1.165) is 28.7 Å². The molecule has 40 heavy (non-hydrogen) atoms. The van der Waals surface area contributed by atoms with Crippen molar-refractivity contribution in [3.05, 3.63) is 109 Å². The molecule has 13 nitrogen and oxygen atoms in total. The van der Waals surface area contributed by atoms with Crippen LogP contribution in [0.3, 0.4) is 0 Å². The summed E-state index contributed by atoms with van der Waals surface area (Å²) < 4.78 is 5.17. The molecule has 3 amide bonds. The summed E-state index contributed by atoms with van der Waals surface area (Å²) in [6, 6.07) is 15.2. The fourth-order valence-corrected chi connectivity index (χ4v) is 4.33. The molecule has 1 saturated heterocycles. The molecule has 0 saturated carbocycles. The lowest BCUT2D eigenvalue weighted by molar-refractivity contribution is -0.394. The Labute approximate surface area is 229 Å². The van der Waals surface area contributed by atoms with Crippen molar-refractivity contribution in [2.24, 2.45) is 0 Å². The van der Waals surface area contributed by atoms with Gasteiger partial charge in [-0.3, -0.25) is 39.5 Å². The van der Waals surface area contributed by atoms with Gasteiger partial charge in [-0.2, -0.15) is 0 Å². The smallest absolute Gasteiger partial charge is 0.344 e. The van der Waals surface area contributed by atoms with Crippen molar-refractivity contribution in [3.8, 4) is 5.75 Å². The number of nitrogens with zero attached hydrogens (tertiary/aromatic N) is 3. The minimum atomic E-state index is -1.05. The molecule has 3 aromatic rings. The zero-order chi connectivity index (χ0) is 29.0. The van der Waals surface area contributed by atoms with Gasteiger partial charge in [-0.05, 0) is 54.6 Å². The highest BCUT2D eigenvalue weighted by Gasteiger charge is 2.36. The van der Waals surface area contributed by atoms with E-state index in [-0.39, 0.29) is 16.2 Å². The molecule has 3 aromatic carbocycles. The van der Waals surface area contributed by atoms with E-state index >= 15 is 0 Å². The third kappa shape index (κ3) is 6.54. The lowest BCUT2D eigenvalue weighted by atomic mass is 10.1. The molecule has 0 radical (unpaired) electrons. The lowest BCUT2D eigenvalue weighted by Gasteiger charge is -2.12. The van der Waals surface area contributed by atoms with Crippen LogP contribution in [0.5, 0.6) is 5.75 Å². The molecule has 14 heteroatoms. The van der Waals surface area contributed by atoms with Crippen LogP contribution in [0.25, 0.3) is 6.08 Å². The molecular weight excluding hydrogens is 544 g/mol. The number of nitro benzene ring substituents is 2. The Morgan fingerprint density at radius 3 is 2.12 bits per heavy atom. The summed E-state index contributed by atoms with van der Waals surface area (Å²) in [6.07, 6.45) is 1.43. The van der Waals surface area contributed by atoms with Crippen LogP contribution < -0.4 is 10.1 Å². The molecule has 0 bridgehead atoms. The number of anilines is 1. The summed E-state index contributed by atoms with van der Waals surface area (Å²) in [5, 5.41) is 24.1. The summed E-state index contributed by atoms with van der Waals surface area (Å²) >= 11 is 0.669. The first-order valence-electron chi connectivity index (χ1n) is 11.4. The predicted octanol–water partition coefficient (Wildman–Crippen LogP) is 4.71. The summed E-state index contributed by atoms with van der Waals surface area (Å²) in [4.78, 5) is 71.2. The number of benzene rings is 3. The molecule has 0 aromatic heterocycles. The number of ether oxygens (including phenoxy) is 1. The number of esters is 1. The number of non-ortho nitro benzene ring substituents is 2. The Hall–Kier alpha value is -5.37. The molecule has 202 valence electrons. The van der Waals surface area contributed by atoms with Gasteiger partial charge in [0.05, 0.1) is 26.4 Å². The van der Waals surface area contributed by atoms with Crippen LogP contribution in [0, 0.1) is 27.2 Å². The molecule has 0 unspecified atom stereocenters. The van der Waals surface area contributed by atoms with E-state index in [1.807, 2.05) is 19.1 Å². The van der Waals surface area contributed by atoms with Crippen molar-refractivity contribution in [3.63, 3.8) is 0 Å². The molecule has 4 rings (SSSR count). The zero-order valence-corrected chi connectivity index (χ0v) is 21.4. The molecule has 1 aliphatic heterocycles. The zero-order valence-electron chi connectivity index (χ0n) is 20.6. The highest BCUT2D eigenvalue weighted by Crippen LogP contribution is 2.32. The second-order valence-electron chi connectivity index (χ2n) is 8.39. The van der Waals surface area contributed by atoms with Crippen molar-refractivity contribution < 1.29 is 33.8 Å². The number of hydrogen-bond acceptors (Lipinski definition) is 10. The minimum Gasteiger partial charge on any atom is -0.423 e. The summed E-state index contributed by atoms with van der Waals surface area (Å²) in [5.74, 6) is -2.20. The average Bonchev–Trinajstić information content (AvgIpc) is 3.17. The average molecular weight is 563 g/mol. The van der Waals surface area contributed by atoms with Crippen LogP contribution in [0.15, 0.2) is 71.6 Å². The summed E-state index contributed by atoms with van der Waals surface area (Å²) in [5.41, 5.74) is 0.346. The first kappa shape index (κ1) is 27.7. The third-order valence-electron chi connectivity index (χ3n) is 5.46. The SMILES string of the molecule is Cc1ccc(NC(=O)CN2C(=O)S/C(=C\c3ccc(OC(=O)c4cc([N+](=O)[O-])cc([N+](=O)[O-])c4)cc3)C2=O)cc1. The van der Waals surface area contributed by atoms with Crippen molar-refractivity contribution in [2.45, 2.75) is 6.92 Å². The molecule has 0 spiro atoms. The number of thioether (sulfide) groups is 1. The number of nitro groups is 2. The van der Waals surface area contributed by atoms with E-state index in [9.17, 15) is 39.4 Å². The van der Waals surface area contributed by atoms with Gasteiger partial charge in [0.15, 0.2) is 0 Å². The van der Waals surface area contributed by atoms with Gasteiger partial charge in [-0.25, -0.2) is 4.79 Å². The van der Waals surface area contributed by atoms with Crippen LogP contribution in [-0.4, -0.2) is 44.3 Å². The topological polar surface area (TPSA) is 179 Å². The molecule has 0 aliphatic carbocycles. The second kappa shape index (κ2) is 11.6. The van der Waals surface area contributed by atoms with E-state index in [2.05, 4.69) is 5.32 Å². The van der Waals surface area contributed by atoms with Crippen molar-refractivity contribution >= 4 is 57.9 Å². The minimum absolute atomic E-state index is 0.0252. The molecule has 1 aliphatic rings. The fraction of sp³-hybridized carbons (Fsp3) is 0.0769. The standard InChI is InChI=1S/C26H18N4O9S/c1-15-2-6-18(7-3-15)27-23(31)14-28-24(32)22(40-26(28)34)10-16-4-8-21(9-5-16)39-25(33)17-11-19(29(35)36)13-20(12-17)30(37)38/h2-13H,14H2,1H3,(H,27,31)/b22-10-. The Kier molecular flexibility index (Phi) is 8.00. The maximum Gasteiger partial charge on any atom is 0.344 e. The van der Waals surface area contributed by atoms with Crippen molar-refractivity contribution in [1.82, 2.24) is 4.90 Å². The van der Waals surface area contributed by atoms with Crippen molar-refractivity contribution in [1.29, 1.82) is 0 Å². The van der Waals surface area contributed by atoms with Gasteiger partial charge in [0.2, 0.25) is 5.91 Å². The van der Waals surface area contributed by atoms with Crippen LogP contribution >= 0.6 is 11.8 Å². The second-order valence-corrected chi connectivity index (χ2v) is 9.39. The molecule has 0 atom stereocenters. The van der Waals surface area contributed by atoms with E-state index in [1.165, 1.54) is 30.3 Å². The number of aryl methyl sites for hydroxylation is 1. The number of carbonyl (C=O) groups is 4. The van der Waals surface area contributed by atoms with E-state index in [1.54, 1.807) is 12.1 Å². The number of nitrogens with one attached hydrogen (secondary N) is 1. The highest BCUT2D eigenvalue weighted by atomic mass is 32.2. The normalized spacial score (nSPS) is 13.8. The Morgan fingerprint density at radius 1 is 0.950 bits per heavy atom. The fourth-order valence-electron chi connectivity index (χ4n) is 3.49. The predicted molar refractivity (Wildman–Crippen MR) is 144 cm³/mol. The molecule has 1 N–H and O–H groups in total. The monoisotopic (exact) mass is 562 g/mol. The van der Waals surface area contributed by atoms with Gasteiger partial charge in [-0.15, -0.1) is 0 Å². The first-order chi connectivity index (χ1) is 19.0. The number of hydrogen-bond donors (Lipinski definition) is 1. The lowest BCUT2D eigenvalue weighted by Crippen LogP contribution is -2.36. The number of carbonyl (C=O) groups excluding carboxylic acids is 4. The third-order valence-corrected chi connectivity index (χ3v) is 6.37. The van der Waals surface area contributed by atoms with Crippen LogP contribution in [0.2, 0.25) is 0 Å². The van der Waals surface area contributed by atoms with Crippen LogP contribution in [0.4, 0.5) is 21.9 Å². The quantitative estimate of drug-likeness (QED) is 0.133. The van der Waals surface area contributed by atoms with Gasteiger partial charge < -0.3 is 10.1 Å². The van der Waals surface area contributed by atoms with E-state index in [4.69, 9.17) is 4.74 Å². The highest BCUT2D eigenvalue weighted by molar-refractivity contribution is 8.18. The Morgan fingerprint density at radius 2 is 1.55 bits per heavy atom. The summed E-state index contributed by atoms with van der Waals surface area (Å²) in [6.45, 7) is 1.44. The Bertz CT molecular complexity index is 1550. The maximum atomic E-state index is 12.7. The molecule has 1 fully saturated rings. The van der Waals surface area contributed by atoms with Crippen molar-refractivity contribution in [2.75, 3.05) is 11.9 Å². The Balaban J connectivity index is 1.41. The first-order valence-corrected chi connectivity index (χ1v) is 12.2. The number of amides is 3. The van der Waals surface area contributed by atoms with Crippen LogP contribution in [0.1, 0.15) is 21.5 Å².